The lowest BCUT2D eigenvalue weighted by Gasteiger charge is -2.24. The fourth-order valence-electron chi connectivity index (χ4n) is 6.01. The summed E-state index contributed by atoms with van der Waals surface area (Å²) in [6.07, 6.45) is 8.65. The number of nitrogens with zero attached hydrogens (tertiary/aromatic N) is 2. The maximum Gasteiger partial charge on any atom is 0.256 e. The average molecular weight is 583 g/mol. The molecule has 0 radical (unpaired) electrons. The molecule has 0 saturated heterocycles. The largest absolute Gasteiger partial charge is 0.378 e. The average Bonchev–Trinajstić information content (AvgIpc) is 3.63. The van der Waals surface area contributed by atoms with E-state index in [4.69, 9.17) is 4.98 Å². The highest BCUT2D eigenvalue weighted by Crippen LogP contribution is 2.54. The third-order valence-corrected chi connectivity index (χ3v) is 10.0. The van der Waals surface area contributed by atoms with Crippen molar-refractivity contribution in [3.05, 3.63) is 83.6 Å². The van der Waals surface area contributed by atoms with E-state index in [1.54, 1.807) is 23.1 Å². The molecule has 3 aromatic rings. The van der Waals surface area contributed by atoms with Crippen LogP contribution in [0.25, 0.3) is 0 Å². The number of hydrogen-bond donors (Lipinski definition) is 2. The Labute approximate surface area is 229 Å². The second-order valence-electron chi connectivity index (χ2n) is 10.8. The van der Waals surface area contributed by atoms with Crippen LogP contribution in [0.15, 0.2) is 45.0 Å². The van der Waals surface area contributed by atoms with Crippen molar-refractivity contribution in [1.29, 1.82) is 0 Å². The Bertz CT molecular complexity index is 1370. The predicted molar refractivity (Wildman–Crippen MR) is 148 cm³/mol. The zero-order chi connectivity index (χ0) is 25.6. The molecule has 0 bridgehead atoms. The van der Waals surface area contributed by atoms with E-state index >= 15 is 0 Å². The molecule has 2 fully saturated rings. The number of thiophene rings is 1. The van der Waals surface area contributed by atoms with Gasteiger partial charge in [0.1, 0.15) is 5.82 Å². The first-order valence-electron chi connectivity index (χ1n) is 13.4. The first-order valence-corrected chi connectivity index (χ1v) is 15.1. The summed E-state index contributed by atoms with van der Waals surface area (Å²) in [6.45, 7) is 0.648. The maximum absolute atomic E-state index is 13.3. The minimum Gasteiger partial charge on any atom is -0.378 e. The van der Waals surface area contributed by atoms with Gasteiger partial charge in [0, 0.05) is 15.9 Å². The first kappa shape index (κ1) is 25.0. The lowest BCUT2D eigenvalue weighted by atomic mass is 9.85. The fraction of sp³-hybridized carbons (Fsp3) is 0.483. The van der Waals surface area contributed by atoms with E-state index < -0.39 is 6.10 Å². The van der Waals surface area contributed by atoms with Crippen LogP contribution in [0.1, 0.15) is 96.5 Å². The van der Waals surface area contributed by atoms with Crippen LogP contribution in [-0.4, -0.2) is 32.4 Å². The first-order chi connectivity index (χ1) is 17.9. The molecule has 1 aliphatic heterocycles. The number of hydrogen-bond acceptors (Lipinski definition) is 5. The van der Waals surface area contributed by atoms with Crippen LogP contribution in [0.3, 0.4) is 0 Å². The molecule has 2 aliphatic carbocycles. The minimum absolute atomic E-state index is 0.160. The molecular formula is C29H32BrN3O3S. The Morgan fingerprint density at radius 3 is 2.76 bits per heavy atom. The molecule has 0 unspecified atom stereocenters. The van der Waals surface area contributed by atoms with Gasteiger partial charge in [0.25, 0.3) is 11.5 Å². The van der Waals surface area contributed by atoms with E-state index in [1.807, 2.05) is 17.4 Å². The van der Waals surface area contributed by atoms with Gasteiger partial charge >= 0.3 is 0 Å². The summed E-state index contributed by atoms with van der Waals surface area (Å²) in [7, 11) is 0. The summed E-state index contributed by atoms with van der Waals surface area (Å²) < 4.78 is 0.803. The van der Waals surface area contributed by atoms with E-state index in [-0.39, 0.29) is 23.4 Å². The van der Waals surface area contributed by atoms with Gasteiger partial charge in [0.05, 0.1) is 23.2 Å². The molecule has 3 aliphatic rings. The van der Waals surface area contributed by atoms with Gasteiger partial charge in [-0.05, 0) is 79.1 Å². The number of halogens is 1. The van der Waals surface area contributed by atoms with Crippen molar-refractivity contribution in [2.75, 3.05) is 6.54 Å². The normalized spacial score (nSPS) is 20.2. The van der Waals surface area contributed by atoms with Crippen LogP contribution in [0, 0.1) is 0 Å². The molecule has 0 spiro atoms. The number of nitrogens with one attached hydrogen (secondary N) is 1. The SMILES string of the molecule is O=C([C@H](O)c1cccc(Br)c1)N1CCCc2nc(C3(c4cc(C5CCCCC5)cs4)CC3)[nH]c(=O)c2C1. The number of rotatable bonds is 5. The molecule has 6 nitrogen and oxygen atoms in total. The summed E-state index contributed by atoms with van der Waals surface area (Å²) >= 11 is 5.21. The lowest BCUT2D eigenvalue weighted by Crippen LogP contribution is -2.36. The highest BCUT2D eigenvalue weighted by molar-refractivity contribution is 9.10. The maximum atomic E-state index is 13.3. The molecular weight excluding hydrogens is 550 g/mol. The molecule has 37 heavy (non-hydrogen) atoms. The van der Waals surface area contributed by atoms with Gasteiger partial charge in [-0.3, -0.25) is 9.59 Å². The third kappa shape index (κ3) is 4.84. The van der Waals surface area contributed by atoms with Crippen LogP contribution in [0.4, 0.5) is 0 Å². The van der Waals surface area contributed by atoms with Crippen LogP contribution in [0.5, 0.6) is 0 Å². The van der Waals surface area contributed by atoms with Crippen molar-refractivity contribution >= 4 is 33.2 Å². The number of carbonyl (C=O) groups is 1. The zero-order valence-corrected chi connectivity index (χ0v) is 23.2. The highest BCUT2D eigenvalue weighted by atomic mass is 79.9. The molecule has 1 atom stereocenters. The molecule has 1 amide bonds. The van der Waals surface area contributed by atoms with Gasteiger partial charge in [0.15, 0.2) is 6.10 Å². The van der Waals surface area contributed by atoms with Gasteiger partial charge in [-0.2, -0.15) is 0 Å². The zero-order valence-electron chi connectivity index (χ0n) is 20.8. The third-order valence-electron chi connectivity index (χ3n) is 8.37. The second kappa shape index (κ2) is 10.1. The van der Waals surface area contributed by atoms with Crippen molar-refractivity contribution in [1.82, 2.24) is 14.9 Å². The van der Waals surface area contributed by atoms with Crippen molar-refractivity contribution in [3.8, 4) is 0 Å². The van der Waals surface area contributed by atoms with Crippen LogP contribution < -0.4 is 5.56 Å². The molecule has 6 rings (SSSR count). The summed E-state index contributed by atoms with van der Waals surface area (Å²) in [4.78, 5) is 37.6. The molecule has 3 heterocycles. The van der Waals surface area contributed by atoms with E-state index in [0.717, 1.165) is 28.8 Å². The van der Waals surface area contributed by atoms with Gasteiger partial charge in [-0.1, -0.05) is 47.3 Å². The summed E-state index contributed by atoms with van der Waals surface area (Å²) in [5.41, 5.74) is 2.99. The number of H-pyrrole nitrogens is 1. The highest BCUT2D eigenvalue weighted by Gasteiger charge is 2.50. The topological polar surface area (TPSA) is 86.3 Å². The molecule has 194 valence electrons. The van der Waals surface area contributed by atoms with Crippen molar-refractivity contribution < 1.29 is 9.90 Å². The summed E-state index contributed by atoms with van der Waals surface area (Å²) in [6, 6.07) is 9.50. The number of fused-ring (bicyclic) bond motifs is 1. The number of carbonyl (C=O) groups excluding carboxylic acids is 1. The number of aromatic nitrogens is 2. The Balaban J connectivity index is 1.24. The van der Waals surface area contributed by atoms with E-state index in [2.05, 4.69) is 32.4 Å². The fourth-order valence-corrected chi connectivity index (χ4v) is 7.68. The molecule has 2 N–H and O–H groups in total. The monoisotopic (exact) mass is 581 g/mol. The van der Waals surface area contributed by atoms with Crippen molar-refractivity contribution in [3.63, 3.8) is 0 Å². The van der Waals surface area contributed by atoms with Crippen LogP contribution >= 0.6 is 27.3 Å². The number of aromatic amines is 1. The quantitative estimate of drug-likeness (QED) is 0.403. The van der Waals surface area contributed by atoms with Gasteiger partial charge in [-0.25, -0.2) is 4.98 Å². The Morgan fingerprint density at radius 1 is 1.19 bits per heavy atom. The van der Waals surface area contributed by atoms with Crippen molar-refractivity contribution in [2.45, 2.75) is 81.8 Å². The van der Waals surface area contributed by atoms with E-state index in [9.17, 15) is 14.7 Å². The molecule has 1 aromatic carbocycles. The summed E-state index contributed by atoms with van der Waals surface area (Å²) in [5, 5.41) is 13.1. The van der Waals surface area contributed by atoms with Crippen LogP contribution in [0.2, 0.25) is 0 Å². The second-order valence-corrected chi connectivity index (χ2v) is 12.6. The smallest absolute Gasteiger partial charge is 0.256 e. The Morgan fingerprint density at radius 2 is 2.00 bits per heavy atom. The molecule has 2 aromatic heterocycles. The van der Waals surface area contributed by atoms with Gasteiger partial charge in [-0.15, -0.1) is 11.3 Å². The number of benzene rings is 1. The van der Waals surface area contributed by atoms with E-state index in [1.165, 1.54) is 42.5 Å². The Hall–Kier alpha value is -2.29. The number of aryl methyl sites for hydroxylation is 1. The van der Waals surface area contributed by atoms with E-state index in [0.29, 0.717) is 36.4 Å². The molecule has 2 saturated carbocycles. The van der Waals surface area contributed by atoms with Gasteiger partial charge < -0.3 is 15.0 Å². The van der Waals surface area contributed by atoms with Gasteiger partial charge in [0.2, 0.25) is 0 Å². The predicted octanol–water partition coefficient (Wildman–Crippen LogP) is 5.73. The number of aliphatic hydroxyl groups excluding tert-OH is 1. The minimum atomic E-state index is -1.27. The molecule has 8 heteroatoms. The lowest BCUT2D eigenvalue weighted by molar-refractivity contribution is -0.141. The standard InChI is InChI=1S/C29H32BrN3O3S/c30-21-9-4-8-19(14-21)25(34)27(36)33-13-5-10-23-22(16-33)26(35)32-28(31-23)29(11-12-29)24-15-20(17-37-24)18-6-2-1-3-7-18/h4,8-9,14-15,17-18,25,34H,1-3,5-7,10-13,16H2,(H,31,32,35)/t25-/m1/s1. The Kier molecular flexibility index (Phi) is 6.84. The number of aliphatic hydroxyl groups is 1. The number of amides is 1. The van der Waals surface area contributed by atoms with Crippen LogP contribution in [-0.2, 0) is 23.2 Å². The summed E-state index contributed by atoms with van der Waals surface area (Å²) in [5.74, 6) is 1.06. The van der Waals surface area contributed by atoms with Crippen molar-refractivity contribution in [2.24, 2.45) is 0 Å².